The molecule has 1 aliphatic rings. The van der Waals surface area contributed by atoms with E-state index in [0.29, 0.717) is 0 Å². The Morgan fingerprint density at radius 2 is 1.41 bits per heavy atom. The average Bonchev–Trinajstić information content (AvgIpc) is 2.86. The molecule has 112 valence electrons. The fourth-order valence-electron chi connectivity index (χ4n) is 2.95. The molecule has 0 spiro atoms. The van der Waals surface area contributed by atoms with Gasteiger partial charge in [-0.05, 0) is 16.5 Å². The molecule has 0 fully saturated rings. The van der Waals surface area contributed by atoms with Crippen LogP contribution in [0.15, 0.2) is 66.2 Å². The molecule has 3 rings (SSSR count). The van der Waals surface area contributed by atoms with Crippen molar-refractivity contribution in [3.63, 3.8) is 0 Å². The van der Waals surface area contributed by atoms with Crippen LogP contribution in [0.5, 0.6) is 0 Å². The van der Waals surface area contributed by atoms with Crippen molar-refractivity contribution in [1.29, 1.82) is 0 Å². The monoisotopic (exact) mass is 292 g/mol. The standard InChI is InChI=1S/C20H20O2/c1-20(2,3)17-16(14-10-6-4-7-11-14)18(22-19(17)21)15-12-8-5-9-13-15/h4-13,18H,1-3H3. The maximum Gasteiger partial charge on any atom is 0.335 e. The van der Waals surface area contributed by atoms with Gasteiger partial charge in [-0.3, -0.25) is 0 Å². The lowest BCUT2D eigenvalue weighted by atomic mass is 9.80. The summed E-state index contributed by atoms with van der Waals surface area (Å²) in [4.78, 5) is 12.5. The summed E-state index contributed by atoms with van der Waals surface area (Å²) in [6.45, 7) is 6.17. The van der Waals surface area contributed by atoms with Crippen LogP contribution >= 0.6 is 0 Å². The van der Waals surface area contributed by atoms with Crippen LogP contribution in [0.25, 0.3) is 5.57 Å². The fourth-order valence-corrected chi connectivity index (χ4v) is 2.95. The second-order valence-electron chi connectivity index (χ2n) is 6.60. The van der Waals surface area contributed by atoms with Crippen LogP contribution in [0.1, 0.15) is 38.0 Å². The first-order valence-corrected chi connectivity index (χ1v) is 7.54. The molecule has 0 amide bonds. The van der Waals surface area contributed by atoms with Crippen molar-refractivity contribution in [2.24, 2.45) is 5.41 Å². The number of cyclic esters (lactones) is 1. The lowest BCUT2D eigenvalue weighted by Gasteiger charge is -2.20. The fraction of sp³-hybridized carbons (Fsp3) is 0.250. The smallest absolute Gasteiger partial charge is 0.335 e. The number of hydrogen-bond acceptors (Lipinski definition) is 2. The van der Waals surface area contributed by atoms with Crippen molar-refractivity contribution in [3.8, 4) is 0 Å². The summed E-state index contributed by atoms with van der Waals surface area (Å²) >= 11 is 0. The number of ether oxygens (including phenoxy) is 1. The van der Waals surface area contributed by atoms with Gasteiger partial charge in [-0.2, -0.15) is 0 Å². The predicted octanol–water partition coefficient (Wildman–Crippen LogP) is 4.78. The number of benzene rings is 2. The third-order valence-electron chi connectivity index (χ3n) is 3.90. The first-order valence-electron chi connectivity index (χ1n) is 7.54. The first kappa shape index (κ1) is 14.6. The summed E-state index contributed by atoms with van der Waals surface area (Å²) in [6.07, 6.45) is -0.328. The molecule has 22 heavy (non-hydrogen) atoms. The zero-order valence-corrected chi connectivity index (χ0v) is 13.2. The molecular weight excluding hydrogens is 272 g/mol. The van der Waals surface area contributed by atoms with Gasteiger partial charge in [-0.25, -0.2) is 4.79 Å². The zero-order valence-electron chi connectivity index (χ0n) is 13.2. The van der Waals surface area contributed by atoms with E-state index in [0.717, 1.165) is 22.3 Å². The maximum atomic E-state index is 12.5. The molecule has 0 aromatic heterocycles. The molecule has 0 N–H and O–H groups in total. The highest BCUT2D eigenvalue weighted by Gasteiger charge is 2.40. The molecule has 2 nitrogen and oxygen atoms in total. The minimum atomic E-state index is -0.328. The van der Waals surface area contributed by atoms with Gasteiger partial charge >= 0.3 is 5.97 Å². The van der Waals surface area contributed by atoms with Gasteiger partial charge in [-0.1, -0.05) is 81.4 Å². The van der Waals surface area contributed by atoms with Crippen LogP contribution in [0.4, 0.5) is 0 Å². The summed E-state index contributed by atoms with van der Waals surface area (Å²) in [5.41, 5.74) is 3.56. The van der Waals surface area contributed by atoms with Crippen molar-refractivity contribution in [1.82, 2.24) is 0 Å². The lowest BCUT2D eigenvalue weighted by Crippen LogP contribution is -2.16. The Morgan fingerprint density at radius 1 is 0.864 bits per heavy atom. The minimum absolute atomic E-state index is 0.208. The van der Waals surface area contributed by atoms with Crippen LogP contribution in [0.2, 0.25) is 0 Å². The molecule has 1 unspecified atom stereocenters. The molecule has 0 aliphatic carbocycles. The van der Waals surface area contributed by atoms with Crippen LogP contribution < -0.4 is 0 Å². The number of carbonyl (C=O) groups is 1. The molecule has 0 radical (unpaired) electrons. The largest absolute Gasteiger partial charge is 0.449 e. The van der Waals surface area contributed by atoms with E-state index in [-0.39, 0.29) is 17.5 Å². The van der Waals surface area contributed by atoms with Gasteiger partial charge in [0.15, 0.2) is 6.10 Å². The highest BCUT2D eigenvalue weighted by molar-refractivity contribution is 6.04. The van der Waals surface area contributed by atoms with Crippen LogP contribution in [-0.4, -0.2) is 5.97 Å². The van der Waals surface area contributed by atoms with Crippen LogP contribution in [0, 0.1) is 5.41 Å². The SMILES string of the molecule is CC(C)(C)C1=C(c2ccccc2)C(c2ccccc2)OC1=O. The Labute approximate surface area is 131 Å². The van der Waals surface area contributed by atoms with Crippen LogP contribution in [0.3, 0.4) is 0 Å². The van der Waals surface area contributed by atoms with Crippen molar-refractivity contribution in [2.45, 2.75) is 26.9 Å². The van der Waals surface area contributed by atoms with Gasteiger partial charge in [0.1, 0.15) is 0 Å². The molecular formula is C20H20O2. The van der Waals surface area contributed by atoms with E-state index in [1.165, 1.54) is 0 Å². The summed E-state index contributed by atoms with van der Waals surface area (Å²) in [5, 5.41) is 0. The van der Waals surface area contributed by atoms with E-state index < -0.39 is 0 Å². The second-order valence-corrected chi connectivity index (χ2v) is 6.60. The Balaban J connectivity index is 2.21. The van der Waals surface area contributed by atoms with E-state index >= 15 is 0 Å². The van der Waals surface area contributed by atoms with E-state index in [1.54, 1.807) is 0 Å². The van der Waals surface area contributed by atoms with Crippen molar-refractivity contribution >= 4 is 11.5 Å². The Hall–Kier alpha value is -2.35. The number of rotatable bonds is 2. The Kier molecular flexibility index (Phi) is 3.61. The zero-order chi connectivity index (χ0) is 15.7. The first-order chi connectivity index (χ1) is 10.5. The van der Waals surface area contributed by atoms with Gasteiger partial charge in [0.05, 0.1) is 5.57 Å². The summed E-state index contributed by atoms with van der Waals surface area (Å²) < 4.78 is 5.74. The predicted molar refractivity (Wildman–Crippen MR) is 88.1 cm³/mol. The number of carbonyl (C=O) groups excluding carboxylic acids is 1. The van der Waals surface area contributed by atoms with Gasteiger partial charge in [0.25, 0.3) is 0 Å². The summed E-state index contributed by atoms with van der Waals surface area (Å²) in [7, 11) is 0. The molecule has 1 aliphatic heterocycles. The third kappa shape index (κ3) is 2.57. The topological polar surface area (TPSA) is 26.3 Å². The van der Waals surface area contributed by atoms with Crippen molar-refractivity contribution in [3.05, 3.63) is 77.4 Å². The number of hydrogen-bond donors (Lipinski definition) is 0. The normalized spacial score (nSPS) is 18.5. The summed E-state index contributed by atoms with van der Waals surface area (Å²) in [5.74, 6) is -0.208. The maximum absolute atomic E-state index is 12.5. The van der Waals surface area contributed by atoms with E-state index in [1.807, 2.05) is 60.7 Å². The highest BCUT2D eigenvalue weighted by atomic mass is 16.5. The Morgan fingerprint density at radius 3 is 1.95 bits per heavy atom. The lowest BCUT2D eigenvalue weighted by molar-refractivity contribution is -0.140. The Bertz CT molecular complexity index is 706. The van der Waals surface area contributed by atoms with Crippen molar-refractivity contribution < 1.29 is 9.53 Å². The minimum Gasteiger partial charge on any atom is -0.449 e. The van der Waals surface area contributed by atoms with Crippen LogP contribution in [-0.2, 0) is 9.53 Å². The van der Waals surface area contributed by atoms with Gasteiger partial charge in [0, 0.05) is 5.57 Å². The van der Waals surface area contributed by atoms with Crippen molar-refractivity contribution in [2.75, 3.05) is 0 Å². The van der Waals surface area contributed by atoms with Gasteiger partial charge in [0.2, 0.25) is 0 Å². The molecule has 1 atom stereocenters. The quantitative estimate of drug-likeness (QED) is 0.744. The molecule has 2 heteroatoms. The second kappa shape index (κ2) is 5.45. The highest BCUT2D eigenvalue weighted by Crippen LogP contribution is 2.47. The number of esters is 1. The van der Waals surface area contributed by atoms with E-state index in [2.05, 4.69) is 20.8 Å². The molecule has 0 saturated heterocycles. The van der Waals surface area contributed by atoms with Gasteiger partial charge < -0.3 is 4.74 Å². The van der Waals surface area contributed by atoms with E-state index in [9.17, 15) is 4.79 Å². The molecule has 2 aromatic carbocycles. The molecule has 1 heterocycles. The summed E-state index contributed by atoms with van der Waals surface area (Å²) in [6, 6.07) is 20.0. The third-order valence-corrected chi connectivity index (χ3v) is 3.90. The average molecular weight is 292 g/mol. The molecule has 0 bridgehead atoms. The molecule has 2 aromatic rings. The molecule has 0 saturated carbocycles. The van der Waals surface area contributed by atoms with Gasteiger partial charge in [-0.15, -0.1) is 0 Å². The van der Waals surface area contributed by atoms with E-state index in [4.69, 9.17) is 4.74 Å².